The van der Waals surface area contributed by atoms with Crippen molar-refractivity contribution in [1.82, 2.24) is 20.0 Å². The first kappa shape index (κ1) is 13.4. The molecule has 3 rings (SSSR count). The van der Waals surface area contributed by atoms with E-state index in [4.69, 9.17) is 10.5 Å². The second kappa shape index (κ2) is 5.05. The predicted molar refractivity (Wildman–Crippen MR) is 74.1 cm³/mol. The molecule has 2 aromatic heterocycles. The lowest BCUT2D eigenvalue weighted by Gasteiger charge is -2.06. The molecule has 0 unspecified atom stereocenters. The van der Waals surface area contributed by atoms with Crippen molar-refractivity contribution in [2.75, 3.05) is 12.8 Å². The summed E-state index contributed by atoms with van der Waals surface area (Å²) in [5.41, 5.74) is 6.22. The van der Waals surface area contributed by atoms with Crippen LogP contribution in [0.2, 0.25) is 0 Å². The van der Waals surface area contributed by atoms with Gasteiger partial charge in [0, 0.05) is 0 Å². The number of halogens is 1. The van der Waals surface area contributed by atoms with Crippen molar-refractivity contribution in [1.29, 1.82) is 0 Å². The summed E-state index contributed by atoms with van der Waals surface area (Å²) >= 11 is 3.34. The molecule has 0 saturated carbocycles. The Morgan fingerprint density at radius 1 is 1.33 bits per heavy atom. The van der Waals surface area contributed by atoms with Crippen molar-refractivity contribution in [3.8, 4) is 23.0 Å². The van der Waals surface area contributed by atoms with E-state index in [-0.39, 0.29) is 17.3 Å². The molecule has 0 saturated heterocycles. The minimum absolute atomic E-state index is 0.00428. The summed E-state index contributed by atoms with van der Waals surface area (Å²) in [5, 5.41) is 10.7. The lowest BCUT2D eigenvalue weighted by atomic mass is 10.3. The van der Waals surface area contributed by atoms with Crippen LogP contribution in [0.5, 0.6) is 5.75 Å². The van der Waals surface area contributed by atoms with Gasteiger partial charge in [-0.1, -0.05) is 5.16 Å². The van der Waals surface area contributed by atoms with E-state index >= 15 is 0 Å². The number of nitrogen functional groups attached to an aromatic ring is 1. The number of aromatic nitrogens is 4. The highest BCUT2D eigenvalue weighted by atomic mass is 79.9. The first-order valence-electron chi connectivity index (χ1n) is 5.63. The number of nitrogens with two attached hydrogens (primary N) is 1. The van der Waals surface area contributed by atoms with Crippen LogP contribution in [-0.4, -0.2) is 27.1 Å². The maximum absolute atomic E-state index is 11.9. The van der Waals surface area contributed by atoms with Gasteiger partial charge < -0.3 is 10.5 Å². The first-order valence-corrected chi connectivity index (χ1v) is 6.42. The number of hydrogen-bond donors (Lipinski definition) is 1. The minimum atomic E-state index is -0.690. The van der Waals surface area contributed by atoms with Crippen LogP contribution in [0.4, 0.5) is 5.82 Å². The molecule has 0 atom stereocenters. The highest BCUT2D eigenvalue weighted by molar-refractivity contribution is 9.10. The lowest BCUT2D eigenvalue weighted by Crippen LogP contribution is -2.13. The number of methoxy groups -OCH3 is 1. The third-order valence-electron chi connectivity index (χ3n) is 2.72. The minimum Gasteiger partial charge on any atom is -0.496 e. The van der Waals surface area contributed by atoms with Gasteiger partial charge in [-0.15, -0.1) is 0 Å². The average molecular weight is 354 g/mol. The van der Waals surface area contributed by atoms with Gasteiger partial charge in [0.25, 0.3) is 0 Å². The number of nitrogens with zero attached hydrogens (tertiary/aromatic N) is 4. The molecule has 2 heterocycles. The molecule has 21 heavy (non-hydrogen) atoms. The van der Waals surface area contributed by atoms with Crippen LogP contribution < -0.4 is 16.2 Å². The molecule has 9 nitrogen and oxygen atoms in total. The molecular formula is C11H8BrN5O4. The van der Waals surface area contributed by atoms with Crippen molar-refractivity contribution in [2.45, 2.75) is 0 Å². The first-order chi connectivity index (χ1) is 10.1. The number of benzene rings is 1. The van der Waals surface area contributed by atoms with Gasteiger partial charge in [-0.2, -0.15) is 0 Å². The van der Waals surface area contributed by atoms with E-state index in [0.29, 0.717) is 15.9 Å². The van der Waals surface area contributed by atoms with Gasteiger partial charge in [0.05, 0.1) is 17.3 Å². The molecule has 0 aliphatic heterocycles. The summed E-state index contributed by atoms with van der Waals surface area (Å²) in [6.45, 7) is 0. The Morgan fingerprint density at radius 3 is 2.76 bits per heavy atom. The molecule has 3 aromatic rings. The molecule has 1 aromatic carbocycles. The predicted octanol–water partition coefficient (Wildman–Crippen LogP) is 1.23. The second-order valence-electron chi connectivity index (χ2n) is 3.92. The van der Waals surface area contributed by atoms with Crippen molar-refractivity contribution in [3.05, 3.63) is 33.2 Å². The van der Waals surface area contributed by atoms with Gasteiger partial charge in [-0.3, -0.25) is 4.52 Å². The number of hydrogen-bond acceptors (Lipinski definition) is 8. The van der Waals surface area contributed by atoms with E-state index in [1.165, 1.54) is 4.57 Å². The monoisotopic (exact) mass is 353 g/mol. The van der Waals surface area contributed by atoms with Crippen molar-refractivity contribution < 1.29 is 13.9 Å². The Balaban J connectivity index is 2.20. The van der Waals surface area contributed by atoms with Gasteiger partial charge in [-0.05, 0) is 44.4 Å². The molecule has 0 amide bonds. The van der Waals surface area contributed by atoms with Crippen LogP contribution in [0.3, 0.4) is 0 Å². The molecule has 0 bridgehead atoms. The molecule has 0 aliphatic rings. The molecule has 0 spiro atoms. The van der Waals surface area contributed by atoms with Crippen LogP contribution in [-0.2, 0) is 0 Å². The Bertz CT molecular complexity index is 852. The van der Waals surface area contributed by atoms with E-state index in [9.17, 15) is 4.79 Å². The van der Waals surface area contributed by atoms with Gasteiger partial charge in [0.2, 0.25) is 5.82 Å². The van der Waals surface area contributed by atoms with Crippen molar-refractivity contribution in [3.63, 3.8) is 0 Å². The highest BCUT2D eigenvalue weighted by Crippen LogP contribution is 2.28. The zero-order valence-corrected chi connectivity index (χ0v) is 12.2. The van der Waals surface area contributed by atoms with Gasteiger partial charge in [-0.25, -0.2) is 14.0 Å². The van der Waals surface area contributed by atoms with E-state index in [2.05, 4.69) is 40.6 Å². The van der Waals surface area contributed by atoms with Crippen molar-refractivity contribution >= 4 is 21.7 Å². The summed E-state index contributed by atoms with van der Waals surface area (Å²) in [6, 6.07) is 5.02. The van der Waals surface area contributed by atoms with E-state index in [0.717, 1.165) is 0 Å². The number of ether oxygens (including phenoxy) is 1. The van der Waals surface area contributed by atoms with E-state index < -0.39 is 5.76 Å². The van der Waals surface area contributed by atoms with Gasteiger partial charge >= 0.3 is 5.76 Å². The van der Waals surface area contributed by atoms with Crippen LogP contribution in [0.1, 0.15) is 0 Å². The van der Waals surface area contributed by atoms with E-state index in [1.54, 1.807) is 25.3 Å². The normalized spacial score (nSPS) is 10.8. The Kier molecular flexibility index (Phi) is 3.22. The third kappa shape index (κ3) is 2.18. The van der Waals surface area contributed by atoms with Crippen LogP contribution >= 0.6 is 15.9 Å². The molecule has 108 valence electrons. The average Bonchev–Trinajstić information content (AvgIpc) is 3.04. The maximum atomic E-state index is 11.9. The summed E-state index contributed by atoms with van der Waals surface area (Å²) in [4.78, 5) is 11.9. The molecule has 2 N–H and O–H groups in total. The van der Waals surface area contributed by atoms with Crippen LogP contribution in [0, 0.1) is 0 Å². The smallest absolute Gasteiger partial charge is 0.446 e. The zero-order valence-electron chi connectivity index (χ0n) is 10.6. The van der Waals surface area contributed by atoms with Crippen molar-refractivity contribution in [2.24, 2.45) is 0 Å². The molecule has 0 radical (unpaired) electrons. The summed E-state index contributed by atoms with van der Waals surface area (Å²) in [6.07, 6.45) is 0. The Labute approximate surface area is 125 Å². The summed E-state index contributed by atoms with van der Waals surface area (Å²) in [7, 11) is 1.54. The lowest BCUT2D eigenvalue weighted by molar-refractivity contribution is 0.310. The SMILES string of the molecule is COc1ccc(-n2c(-c3nonc3N)noc2=O)cc1Br. The summed E-state index contributed by atoms with van der Waals surface area (Å²) in [5.74, 6) is 0.0253. The topological polar surface area (TPSA) is 122 Å². The molecule has 0 fully saturated rings. The fraction of sp³-hybridized carbons (Fsp3) is 0.0909. The zero-order chi connectivity index (χ0) is 15.0. The fourth-order valence-corrected chi connectivity index (χ4v) is 2.30. The standard InChI is InChI=1S/C11H8BrN5O4/c1-19-7-3-2-5(4-6(7)12)17-10(16-20-11(17)18)8-9(13)15-21-14-8/h2-4H,1H3,(H2,13,15). The second-order valence-corrected chi connectivity index (χ2v) is 4.78. The Hall–Kier alpha value is -2.62. The quantitative estimate of drug-likeness (QED) is 0.745. The summed E-state index contributed by atoms with van der Waals surface area (Å²) < 4.78 is 16.2. The van der Waals surface area contributed by atoms with Gasteiger partial charge in [0.1, 0.15) is 5.75 Å². The molecule has 10 heteroatoms. The number of rotatable bonds is 3. The molecule has 0 aliphatic carbocycles. The largest absolute Gasteiger partial charge is 0.496 e. The third-order valence-corrected chi connectivity index (χ3v) is 3.34. The maximum Gasteiger partial charge on any atom is 0.446 e. The van der Waals surface area contributed by atoms with Crippen LogP contribution in [0.15, 0.2) is 36.6 Å². The molecular weight excluding hydrogens is 346 g/mol. The highest BCUT2D eigenvalue weighted by Gasteiger charge is 2.21. The fourth-order valence-electron chi connectivity index (χ4n) is 1.77. The van der Waals surface area contributed by atoms with Crippen LogP contribution in [0.25, 0.3) is 17.2 Å². The van der Waals surface area contributed by atoms with E-state index in [1.807, 2.05) is 0 Å². The Morgan fingerprint density at radius 2 is 2.14 bits per heavy atom. The number of anilines is 1. The van der Waals surface area contributed by atoms with Gasteiger partial charge in [0.15, 0.2) is 11.5 Å².